The van der Waals surface area contributed by atoms with Crippen molar-refractivity contribution in [3.63, 3.8) is 0 Å². The van der Waals surface area contributed by atoms with Crippen molar-refractivity contribution in [3.8, 4) is 5.75 Å². The van der Waals surface area contributed by atoms with Gasteiger partial charge in [-0.2, -0.15) is 0 Å². The van der Waals surface area contributed by atoms with E-state index in [0.29, 0.717) is 22.1 Å². The third-order valence-electron chi connectivity index (χ3n) is 3.38. The minimum Gasteiger partial charge on any atom is -0.482 e. The van der Waals surface area contributed by atoms with Gasteiger partial charge in [-0.15, -0.1) is 11.8 Å². The average Bonchev–Trinajstić information content (AvgIpc) is 2.56. The molecule has 2 N–H and O–H groups in total. The number of carbonyl (C=O) groups excluding carboxylic acids is 2. The normalized spacial score (nSPS) is 14.2. The highest BCUT2D eigenvalue weighted by Crippen LogP contribution is 2.31. The summed E-state index contributed by atoms with van der Waals surface area (Å²) in [7, 11) is 0. The SMILES string of the molecule is CC(Sc1ccc(Cl)cc1)C(=O)Nc1ccc2c(c1)NC(=O)CO2. The van der Waals surface area contributed by atoms with Gasteiger partial charge in [0.2, 0.25) is 5.91 Å². The van der Waals surface area contributed by atoms with Crippen LogP contribution in [0, 0.1) is 0 Å². The molecule has 7 heteroatoms. The molecule has 2 aromatic carbocycles. The molecular formula is C17H15ClN2O3S. The van der Waals surface area contributed by atoms with E-state index in [4.69, 9.17) is 16.3 Å². The third-order valence-corrected chi connectivity index (χ3v) is 4.74. The van der Waals surface area contributed by atoms with Gasteiger partial charge in [-0.25, -0.2) is 0 Å². The summed E-state index contributed by atoms with van der Waals surface area (Å²) in [5.41, 5.74) is 1.16. The molecule has 2 aromatic rings. The standard InChI is InChI=1S/C17H15ClN2O3S/c1-10(24-13-5-2-11(18)3-6-13)17(22)19-12-4-7-15-14(8-12)20-16(21)9-23-15/h2-8,10H,9H2,1H3,(H,19,22)(H,20,21). The van der Waals surface area contributed by atoms with Crippen LogP contribution in [-0.2, 0) is 9.59 Å². The van der Waals surface area contributed by atoms with Crippen LogP contribution in [0.4, 0.5) is 11.4 Å². The van der Waals surface area contributed by atoms with Gasteiger partial charge >= 0.3 is 0 Å². The predicted molar refractivity (Wildman–Crippen MR) is 96.0 cm³/mol. The zero-order valence-electron chi connectivity index (χ0n) is 12.8. The second-order valence-electron chi connectivity index (χ2n) is 5.25. The van der Waals surface area contributed by atoms with E-state index in [1.54, 1.807) is 30.3 Å². The van der Waals surface area contributed by atoms with Crippen molar-refractivity contribution in [2.45, 2.75) is 17.1 Å². The van der Waals surface area contributed by atoms with Crippen molar-refractivity contribution in [1.82, 2.24) is 0 Å². The van der Waals surface area contributed by atoms with Gasteiger partial charge in [0.05, 0.1) is 10.9 Å². The van der Waals surface area contributed by atoms with Gasteiger partial charge in [0.15, 0.2) is 6.61 Å². The van der Waals surface area contributed by atoms with Crippen molar-refractivity contribution in [2.75, 3.05) is 17.2 Å². The van der Waals surface area contributed by atoms with E-state index < -0.39 is 0 Å². The fourth-order valence-corrected chi connectivity index (χ4v) is 3.17. The van der Waals surface area contributed by atoms with Gasteiger partial charge in [0, 0.05) is 15.6 Å². The van der Waals surface area contributed by atoms with Crippen molar-refractivity contribution >= 4 is 46.6 Å². The number of carbonyl (C=O) groups is 2. The molecule has 0 aliphatic carbocycles. The summed E-state index contributed by atoms with van der Waals surface area (Å²) in [6, 6.07) is 12.5. The molecule has 2 amide bonds. The first-order chi connectivity index (χ1) is 11.5. The average molecular weight is 363 g/mol. The first-order valence-corrected chi connectivity index (χ1v) is 8.57. The van der Waals surface area contributed by atoms with E-state index in [0.717, 1.165) is 4.90 Å². The number of nitrogens with one attached hydrogen (secondary N) is 2. The van der Waals surface area contributed by atoms with E-state index in [9.17, 15) is 9.59 Å². The number of anilines is 2. The van der Waals surface area contributed by atoms with Crippen LogP contribution >= 0.6 is 23.4 Å². The molecule has 1 aliphatic heterocycles. The number of rotatable bonds is 4. The number of hydrogen-bond acceptors (Lipinski definition) is 4. The fraction of sp³-hybridized carbons (Fsp3) is 0.176. The highest BCUT2D eigenvalue weighted by Gasteiger charge is 2.18. The van der Waals surface area contributed by atoms with Crippen molar-refractivity contribution in [2.24, 2.45) is 0 Å². The first-order valence-electron chi connectivity index (χ1n) is 7.31. The van der Waals surface area contributed by atoms with E-state index in [1.807, 2.05) is 19.1 Å². The summed E-state index contributed by atoms with van der Waals surface area (Å²) in [6.07, 6.45) is 0. The van der Waals surface area contributed by atoms with E-state index in [1.165, 1.54) is 11.8 Å². The second-order valence-corrected chi connectivity index (χ2v) is 7.10. The summed E-state index contributed by atoms with van der Waals surface area (Å²) in [5, 5.41) is 5.94. The molecule has 0 saturated carbocycles. The lowest BCUT2D eigenvalue weighted by Crippen LogP contribution is -2.26. The second kappa shape index (κ2) is 7.15. The Morgan fingerprint density at radius 2 is 2.04 bits per heavy atom. The molecule has 0 aromatic heterocycles. The monoisotopic (exact) mass is 362 g/mol. The largest absolute Gasteiger partial charge is 0.482 e. The van der Waals surface area contributed by atoms with Gasteiger partial charge in [-0.05, 0) is 49.4 Å². The summed E-state index contributed by atoms with van der Waals surface area (Å²) in [6.45, 7) is 1.84. The van der Waals surface area contributed by atoms with Crippen LogP contribution in [0.1, 0.15) is 6.92 Å². The maximum absolute atomic E-state index is 12.3. The van der Waals surface area contributed by atoms with Gasteiger partial charge in [-0.3, -0.25) is 9.59 Å². The Kier molecular flexibility index (Phi) is 4.97. The number of thioether (sulfide) groups is 1. The Morgan fingerprint density at radius 1 is 1.29 bits per heavy atom. The Balaban J connectivity index is 1.64. The zero-order valence-corrected chi connectivity index (χ0v) is 14.4. The van der Waals surface area contributed by atoms with Crippen molar-refractivity contribution < 1.29 is 14.3 Å². The molecule has 0 radical (unpaired) electrons. The zero-order chi connectivity index (χ0) is 17.1. The van der Waals surface area contributed by atoms with Crippen LogP contribution in [0.3, 0.4) is 0 Å². The van der Waals surface area contributed by atoms with Crippen LogP contribution in [0.25, 0.3) is 0 Å². The lowest BCUT2D eigenvalue weighted by molar-refractivity contribution is -0.118. The van der Waals surface area contributed by atoms with Crippen LogP contribution in [0.15, 0.2) is 47.4 Å². The Morgan fingerprint density at radius 3 is 2.79 bits per heavy atom. The Hall–Kier alpha value is -2.18. The number of fused-ring (bicyclic) bond motifs is 1. The lowest BCUT2D eigenvalue weighted by Gasteiger charge is -2.19. The molecule has 0 fully saturated rings. The molecule has 124 valence electrons. The smallest absolute Gasteiger partial charge is 0.262 e. The Bertz CT molecular complexity index is 780. The number of halogens is 1. The van der Waals surface area contributed by atoms with Gasteiger partial charge in [0.25, 0.3) is 5.91 Å². The maximum Gasteiger partial charge on any atom is 0.262 e. The van der Waals surface area contributed by atoms with Gasteiger partial charge in [-0.1, -0.05) is 11.6 Å². The number of benzene rings is 2. The van der Waals surface area contributed by atoms with Gasteiger partial charge in [0.1, 0.15) is 5.75 Å². The summed E-state index contributed by atoms with van der Waals surface area (Å²) < 4.78 is 5.29. The highest BCUT2D eigenvalue weighted by molar-refractivity contribution is 8.00. The predicted octanol–water partition coefficient (Wildman–Crippen LogP) is 3.79. The molecule has 1 heterocycles. The van der Waals surface area contributed by atoms with Gasteiger partial charge < -0.3 is 15.4 Å². The first kappa shape index (κ1) is 16.7. The van der Waals surface area contributed by atoms with Crippen LogP contribution in [0.5, 0.6) is 5.75 Å². The van der Waals surface area contributed by atoms with Crippen LogP contribution < -0.4 is 15.4 Å². The minimum absolute atomic E-state index is 0.00741. The molecule has 24 heavy (non-hydrogen) atoms. The maximum atomic E-state index is 12.3. The molecule has 0 saturated heterocycles. The van der Waals surface area contributed by atoms with Crippen LogP contribution in [-0.4, -0.2) is 23.7 Å². The molecule has 1 aliphatic rings. The van der Waals surface area contributed by atoms with E-state index in [-0.39, 0.29) is 23.7 Å². The molecular weight excluding hydrogens is 348 g/mol. The molecule has 5 nitrogen and oxygen atoms in total. The van der Waals surface area contributed by atoms with Crippen molar-refractivity contribution in [3.05, 3.63) is 47.5 Å². The lowest BCUT2D eigenvalue weighted by atomic mass is 10.2. The molecule has 1 atom stereocenters. The molecule has 3 rings (SSSR count). The fourth-order valence-electron chi connectivity index (χ4n) is 2.18. The Labute approximate surface area is 148 Å². The van der Waals surface area contributed by atoms with Crippen molar-refractivity contribution in [1.29, 1.82) is 0 Å². The summed E-state index contributed by atoms with van der Waals surface area (Å²) >= 11 is 7.30. The molecule has 0 spiro atoms. The molecule has 1 unspecified atom stereocenters. The third kappa shape index (κ3) is 4.01. The number of hydrogen-bond donors (Lipinski definition) is 2. The quantitative estimate of drug-likeness (QED) is 0.812. The van der Waals surface area contributed by atoms with E-state index >= 15 is 0 Å². The number of amides is 2. The summed E-state index contributed by atoms with van der Waals surface area (Å²) in [5.74, 6) is 0.256. The number of ether oxygens (including phenoxy) is 1. The van der Waals surface area contributed by atoms with Crippen LogP contribution in [0.2, 0.25) is 5.02 Å². The van der Waals surface area contributed by atoms with E-state index in [2.05, 4.69) is 10.6 Å². The highest BCUT2D eigenvalue weighted by atomic mass is 35.5. The minimum atomic E-state index is -0.284. The molecule has 0 bridgehead atoms. The topological polar surface area (TPSA) is 67.4 Å². The summed E-state index contributed by atoms with van der Waals surface area (Å²) in [4.78, 5) is 24.7.